The normalized spacial score (nSPS) is 13.3. The molecule has 0 saturated carbocycles. The first-order valence-corrected chi connectivity index (χ1v) is 8.01. The molecule has 23 heavy (non-hydrogen) atoms. The van der Waals surface area contributed by atoms with Gasteiger partial charge in [0.05, 0.1) is 5.39 Å². The van der Waals surface area contributed by atoms with Gasteiger partial charge in [-0.25, -0.2) is 4.98 Å². The summed E-state index contributed by atoms with van der Waals surface area (Å²) < 4.78 is 5.80. The van der Waals surface area contributed by atoms with E-state index in [0.717, 1.165) is 29.5 Å². The van der Waals surface area contributed by atoms with E-state index in [9.17, 15) is 10.1 Å². The molecule has 0 spiro atoms. The molecule has 0 bridgehead atoms. The van der Waals surface area contributed by atoms with Gasteiger partial charge in [-0.05, 0) is 53.8 Å². The Morgan fingerprint density at radius 1 is 1.35 bits per heavy atom. The molecule has 0 unspecified atom stereocenters. The van der Waals surface area contributed by atoms with Gasteiger partial charge in [0.15, 0.2) is 0 Å². The lowest BCUT2D eigenvalue weighted by Crippen LogP contribution is -1.99. The Bertz CT molecular complexity index is 938. The largest absolute Gasteiger partial charge is 0.429 e. The third-order valence-electron chi connectivity index (χ3n) is 3.77. The smallest absolute Gasteiger partial charge is 0.406 e. The summed E-state index contributed by atoms with van der Waals surface area (Å²) in [5.74, 6) is 0.737. The zero-order valence-electron chi connectivity index (χ0n) is 12.3. The highest BCUT2D eigenvalue weighted by Crippen LogP contribution is 2.42. The molecule has 1 aliphatic carbocycles. The van der Waals surface area contributed by atoms with Crippen molar-refractivity contribution < 1.29 is 9.66 Å². The molecule has 0 saturated heterocycles. The minimum absolute atomic E-state index is 0.0925. The summed E-state index contributed by atoms with van der Waals surface area (Å²) in [5, 5.41) is 12.0. The Morgan fingerprint density at radius 2 is 2.22 bits per heavy atom. The Labute approximate surface area is 135 Å². The summed E-state index contributed by atoms with van der Waals surface area (Å²) in [4.78, 5) is 25.4. The summed E-state index contributed by atoms with van der Waals surface area (Å²) >= 11 is 1.66. The van der Waals surface area contributed by atoms with E-state index in [4.69, 9.17) is 4.74 Å². The fourth-order valence-electron chi connectivity index (χ4n) is 2.84. The second-order valence-electron chi connectivity index (χ2n) is 5.30. The minimum Gasteiger partial charge on any atom is -0.429 e. The van der Waals surface area contributed by atoms with Crippen LogP contribution in [-0.2, 0) is 12.8 Å². The van der Waals surface area contributed by atoms with Crippen LogP contribution in [0.4, 0.5) is 5.82 Å². The van der Waals surface area contributed by atoms with Crippen LogP contribution in [0.5, 0.6) is 11.6 Å². The first kappa shape index (κ1) is 14.0. The van der Waals surface area contributed by atoms with E-state index >= 15 is 0 Å². The molecule has 0 atom stereocenters. The number of nitro groups is 1. The van der Waals surface area contributed by atoms with Gasteiger partial charge in [-0.1, -0.05) is 0 Å². The van der Waals surface area contributed by atoms with Gasteiger partial charge in [0.2, 0.25) is 11.6 Å². The molecule has 4 rings (SSSR count). The topological polar surface area (TPSA) is 91.0 Å². The summed E-state index contributed by atoms with van der Waals surface area (Å²) in [7, 11) is 0. The Hall–Kier alpha value is -2.61. The van der Waals surface area contributed by atoms with Gasteiger partial charge in [0.1, 0.15) is 16.9 Å². The van der Waals surface area contributed by atoms with Gasteiger partial charge in [0, 0.05) is 4.88 Å². The molecule has 3 heterocycles. The van der Waals surface area contributed by atoms with E-state index in [0.29, 0.717) is 11.7 Å². The lowest BCUT2D eigenvalue weighted by molar-refractivity contribution is -0.390. The average molecular weight is 328 g/mol. The van der Waals surface area contributed by atoms with Crippen LogP contribution in [0.1, 0.15) is 22.7 Å². The molecule has 0 amide bonds. The Morgan fingerprint density at radius 3 is 3.04 bits per heavy atom. The SMILES string of the molecule is Cc1nc(Oc2cccnc2[N+](=O)[O-])c2c3c(sc2n1)CCC3. The first-order chi connectivity index (χ1) is 11.1. The maximum Gasteiger partial charge on any atom is 0.406 e. The molecular weight excluding hydrogens is 316 g/mol. The fraction of sp³-hybridized carbons (Fsp3) is 0.267. The average Bonchev–Trinajstić information content (AvgIpc) is 3.07. The van der Waals surface area contributed by atoms with Crippen LogP contribution >= 0.6 is 11.3 Å². The predicted molar refractivity (Wildman–Crippen MR) is 85.1 cm³/mol. The molecule has 0 N–H and O–H groups in total. The first-order valence-electron chi connectivity index (χ1n) is 7.19. The van der Waals surface area contributed by atoms with Crippen molar-refractivity contribution in [1.82, 2.24) is 15.0 Å². The fourth-order valence-corrected chi connectivity index (χ4v) is 4.14. The van der Waals surface area contributed by atoms with Gasteiger partial charge >= 0.3 is 5.82 Å². The lowest BCUT2D eigenvalue weighted by atomic mass is 10.2. The van der Waals surface area contributed by atoms with Crippen LogP contribution in [0.15, 0.2) is 18.3 Å². The van der Waals surface area contributed by atoms with Gasteiger partial charge in [-0.2, -0.15) is 4.98 Å². The molecule has 1 aliphatic rings. The van der Waals surface area contributed by atoms with Crippen molar-refractivity contribution in [2.75, 3.05) is 0 Å². The number of hydrogen-bond acceptors (Lipinski definition) is 7. The number of aryl methyl sites for hydroxylation is 3. The quantitative estimate of drug-likeness (QED) is 0.539. The number of rotatable bonds is 3. The summed E-state index contributed by atoms with van der Waals surface area (Å²) in [5.41, 5.74) is 1.21. The molecule has 8 heteroatoms. The van der Waals surface area contributed by atoms with Crippen molar-refractivity contribution in [3.63, 3.8) is 0 Å². The summed E-state index contributed by atoms with van der Waals surface area (Å²) in [6.45, 7) is 1.79. The number of aromatic nitrogens is 3. The van der Waals surface area contributed by atoms with Gasteiger partial charge in [-0.3, -0.25) is 0 Å². The van der Waals surface area contributed by atoms with Gasteiger partial charge in [0.25, 0.3) is 0 Å². The molecule has 3 aromatic heterocycles. The third kappa shape index (κ3) is 2.31. The van der Waals surface area contributed by atoms with Gasteiger partial charge < -0.3 is 14.9 Å². The molecule has 0 aliphatic heterocycles. The van der Waals surface area contributed by atoms with Crippen molar-refractivity contribution in [3.05, 3.63) is 44.7 Å². The van der Waals surface area contributed by atoms with E-state index in [-0.39, 0.29) is 11.6 Å². The van der Waals surface area contributed by atoms with Crippen LogP contribution in [0, 0.1) is 17.0 Å². The van der Waals surface area contributed by atoms with Crippen LogP contribution in [0.25, 0.3) is 10.2 Å². The second kappa shape index (κ2) is 5.24. The van der Waals surface area contributed by atoms with Crippen molar-refractivity contribution >= 4 is 27.4 Å². The summed E-state index contributed by atoms with van der Waals surface area (Å²) in [6, 6.07) is 3.13. The molecular formula is C15H12N4O3S. The van der Waals surface area contributed by atoms with Crippen LogP contribution in [0.2, 0.25) is 0 Å². The maximum absolute atomic E-state index is 11.1. The van der Waals surface area contributed by atoms with E-state index in [1.165, 1.54) is 22.7 Å². The zero-order chi connectivity index (χ0) is 16.0. The van der Waals surface area contributed by atoms with E-state index in [1.54, 1.807) is 24.3 Å². The van der Waals surface area contributed by atoms with Crippen molar-refractivity contribution in [2.24, 2.45) is 0 Å². The highest BCUT2D eigenvalue weighted by atomic mass is 32.1. The number of fused-ring (bicyclic) bond motifs is 3. The van der Waals surface area contributed by atoms with Gasteiger partial charge in [-0.15, -0.1) is 11.3 Å². The Balaban J connectivity index is 1.88. The number of pyridine rings is 1. The van der Waals surface area contributed by atoms with E-state index < -0.39 is 4.92 Å². The van der Waals surface area contributed by atoms with E-state index in [1.807, 2.05) is 0 Å². The van der Waals surface area contributed by atoms with Crippen LogP contribution in [0.3, 0.4) is 0 Å². The molecule has 0 aromatic carbocycles. The van der Waals surface area contributed by atoms with Crippen LogP contribution in [-0.4, -0.2) is 19.9 Å². The van der Waals surface area contributed by atoms with E-state index in [2.05, 4.69) is 15.0 Å². The standard InChI is InChI=1S/C15H12N4O3S/c1-8-17-14(22-10-5-3-7-16-13(10)19(20)21)12-9-4-2-6-11(9)23-15(12)18-8/h3,5,7H,2,4,6H2,1H3. The van der Waals surface area contributed by atoms with Crippen molar-refractivity contribution in [2.45, 2.75) is 26.2 Å². The number of hydrogen-bond donors (Lipinski definition) is 0. The zero-order valence-corrected chi connectivity index (χ0v) is 13.1. The molecule has 3 aromatic rings. The number of thiophene rings is 1. The third-order valence-corrected chi connectivity index (χ3v) is 4.96. The Kier molecular flexibility index (Phi) is 3.19. The predicted octanol–water partition coefficient (Wildman–Crippen LogP) is 3.58. The lowest BCUT2D eigenvalue weighted by Gasteiger charge is -2.07. The van der Waals surface area contributed by atoms with Crippen molar-refractivity contribution in [1.29, 1.82) is 0 Å². The molecule has 7 nitrogen and oxygen atoms in total. The van der Waals surface area contributed by atoms with Crippen molar-refractivity contribution in [3.8, 4) is 11.6 Å². The molecule has 0 radical (unpaired) electrons. The summed E-state index contributed by atoms with van der Waals surface area (Å²) in [6.07, 6.45) is 4.49. The minimum atomic E-state index is -0.557. The molecule has 0 fully saturated rings. The van der Waals surface area contributed by atoms with Crippen LogP contribution < -0.4 is 4.74 Å². The number of nitrogens with zero attached hydrogens (tertiary/aromatic N) is 4. The second-order valence-corrected chi connectivity index (χ2v) is 6.38. The monoisotopic (exact) mass is 328 g/mol. The number of ether oxygens (including phenoxy) is 1. The molecule has 116 valence electrons. The highest BCUT2D eigenvalue weighted by Gasteiger charge is 2.25. The maximum atomic E-state index is 11.1. The highest BCUT2D eigenvalue weighted by molar-refractivity contribution is 7.19.